The third-order valence-electron chi connectivity index (χ3n) is 7.27. The number of rotatable bonds is 14. The molecule has 0 fully saturated rings. The van der Waals surface area contributed by atoms with Gasteiger partial charge in [-0.2, -0.15) is 0 Å². The van der Waals surface area contributed by atoms with Crippen molar-refractivity contribution in [2.75, 3.05) is 19.7 Å². The Morgan fingerprint density at radius 1 is 0.795 bits per heavy atom. The molecule has 0 saturated heterocycles. The van der Waals surface area contributed by atoms with Crippen LogP contribution in [0, 0.1) is 6.92 Å². The number of carbonyl (C=O) groups excluding carboxylic acids is 3. The van der Waals surface area contributed by atoms with Gasteiger partial charge in [0.1, 0.15) is 5.75 Å². The van der Waals surface area contributed by atoms with Crippen molar-refractivity contribution < 1.29 is 19.1 Å². The molecule has 5 N–H and O–H groups in total. The lowest BCUT2D eigenvalue weighted by Gasteiger charge is -2.22. The van der Waals surface area contributed by atoms with Crippen LogP contribution in [0.25, 0.3) is 0 Å². The molecule has 4 aromatic rings. The summed E-state index contributed by atoms with van der Waals surface area (Å²) in [7, 11) is 0. The van der Waals surface area contributed by atoms with Crippen molar-refractivity contribution in [1.82, 2.24) is 20.9 Å². The number of ether oxygens (including phenoxy) is 1. The van der Waals surface area contributed by atoms with Crippen molar-refractivity contribution >= 4 is 17.7 Å². The lowest BCUT2D eigenvalue weighted by atomic mass is 9.96. The van der Waals surface area contributed by atoms with Gasteiger partial charge in [-0.1, -0.05) is 60.2 Å². The number of benzene rings is 3. The van der Waals surface area contributed by atoms with E-state index in [-0.39, 0.29) is 30.8 Å². The van der Waals surface area contributed by atoms with Crippen LogP contribution in [0.15, 0.2) is 97.3 Å². The van der Waals surface area contributed by atoms with Crippen molar-refractivity contribution in [1.29, 1.82) is 0 Å². The molecular weight excluding hydrogens is 554 g/mol. The molecule has 1 aromatic heterocycles. The van der Waals surface area contributed by atoms with Gasteiger partial charge < -0.3 is 26.4 Å². The lowest BCUT2D eigenvalue weighted by Crippen LogP contribution is -2.41. The lowest BCUT2D eigenvalue weighted by molar-refractivity contribution is -0.124. The summed E-state index contributed by atoms with van der Waals surface area (Å²) in [5.41, 5.74) is 10.5. The maximum atomic E-state index is 13.7. The van der Waals surface area contributed by atoms with E-state index in [1.807, 2.05) is 68.4 Å². The molecule has 0 aliphatic heterocycles. The van der Waals surface area contributed by atoms with Gasteiger partial charge in [-0.15, -0.1) is 0 Å². The van der Waals surface area contributed by atoms with Crippen molar-refractivity contribution in [2.45, 2.75) is 38.8 Å². The van der Waals surface area contributed by atoms with E-state index < -0.39 is 11.8 Å². The summed E-state index contributed by atoms with van der Waals surface area (Å²) in [5, 5.41) is 8.85. The summed E-state index contributed by atoms with van der Waals surface area (Å²) in [4.78, 5) is 44.2. The summed E-state index contributed by atoms with van der Waals surface area (Å²) < 4.78 is 5.56. The Hall–Kier alpha value is -5.02. The summed E-state index contributed by atoms with van der Waals surface area (Å²) in [5.74, 6) is -1.55. The molecule has 1 heterocycles. The molecule has 2 atom stereocenters. The van der Waals surface area contributed by atoms with E-state index in [9.17, 15) is 14.4 Å². The van der Waals surface area contributed by atoms with Gasteiger partial charge in [0, 0.05) is 44.1 Å². The first-order chi connectivity index (χ1) is 21.4. The minimum Gasteiger partial charge on any atom is -0.494 e. The van der Waals surface area contributed by atoms with Crippen LogP contribution < -0.4 is 26.4 Å². The number of nitrogens with two attached hydrogens (primary N) is 1. The van der Waals surface area contributed by atoms with Gasteiger partial charge in [0.2, 0.25) is 11.8 Å². The number of hydrogen-bond donors (Lipinski definition) is 4. The minimum absolute atomic E-state index is 0.0435. The van der Waals surface area contributed by atoms with E-state index in [2.05, 4.69) is 20.9 Å². The normalized spacial score (nSPS) is 12.1. The molecule has 9 heteroatoms. The monoisotopic (exact) mass is 593 g/mol. The second kappa shape index (κ2) is 16.0. The van der Waals surface area contributed by atoms with Crippen molar-refractivity contribution in [3.63, 3.8) is 0 Å². The maximum Gasteiger partial charge on any atom is 0.251 e. The first kappa shape index (κ1) is 31.9. The number of hydrogen-bond acceptors (Lipinski definition) is 6. The SMILES string of the molecule is CCOc1ccc([C@@H](CNC(=O)c2cccc(C)c2)C(=O)NC[C@H](C(=O)NCc2ccc(CN)cc2)c2cccnc2)cc1. The second-order valence-corrected chi connectivity index (χ2v) is 10.5. The molecule has 0 radical (unpaired) electrons. The Labute approximate surface area is 258 Å². The Balaban J connectivity index is 1.48. The number of nitrogens with zero attached hydrogens (tertiary/aromatic N) is 1. The zero-order chi connectivity index (χ0) is 31.3. The van der Waals surface area contributed by atoms with Crippen LogP contribution in [0.5, 0.6) is 5.75 Å². The highest BCUT2D eigenvalue weighted by Gasteiger charge is 2.26. The predicted octanol–water partition coefficient (Wildman–Crippen LogP) is 3.98. The number of pyridine rings is 1. The Morgan fingerprint density at radius 3 is 2.14 bits per heavy atom. The molecule has 0 aliphatic carbocycles. The average Bonchev–Trinajstić information content (AvgIpc) is 3.05. The van der Waals surface area contributed by atoms with Crippen LogP contribution in [0.1, 0.15) is 56.9 Å². The van der Waals surface area contributed by atoms with Gasteiger partial charge in [0.05, 0.1) is 18.4 Å². The first-order valence-electron chi connectivity index (χ1n) is 14.7. The van der Waals surface area contributed by atoms with Crippen LogP contribution in [0.4, 0.5) is 0 Å². The van der Waals surface area contributed by atoms with E-state index in [0.717, 1.165) is 16.7 Å². The first-order valence-corrected chi connectivity index (χ1v) is 14.7. The van der Waals surface area contributed by atoms with E-state index >= 15 is 0 Å². The highest BCUT2D eigenvalue weighted by atomic mass is 16.5. The van der Waals surface area contributed by atoms with Crippen LogP contribution >= 0.6 is 0 Å². The summed E-state index contributed by atoms with van der Waals surface area (Å²) in [6.07, 6.45) is 3.26. The smallest absolute Gasteiger partial charge is 0.251 e. The zero-order valence-electron chi connectivity index (χ0n) is 25.1. The zero-order valence-corrected chi connectivity index (χ0v) is 25.1. The van der Waals surface area contributed by atoms with Gasteiger partial charge in [-0.05, 0) is 66.4 Å². The molecular formula is C35H39N5O4. The van der Waals surface area contributed by atoms with Crippen LogP contribution in [-0.2, 0) is 22.7 Å². The van der Waals surface area contributed by atoms with Gasteiger partial charge >= 0.3 is 0 Å². The average molecular weight is 594 g/mol. The molecule has 4 rings (SSSR count). The Kier molecular flexibility index (Phi) is 11.6. The fourth-order valence-electron chi connectivity index (χ4n) is 4.78. The minimum atomic E-state index is -0.710. The Morgan fingerprint density at radius 2 is 1.48 bits per heavy atom. The topological polar surface area (TPSA) is 135 Å². The molecule has 0 bridgehead atoms. The van der Waals surface area contributed by atoms with Crippen molar-refractivity contribution in [3.05, 3.63) is 131 Å². The largest absolute Gasteiger partial charge is 0.494 e. The number of aromatic nitrogens is 1. The molecule has 44 heavy (non-hydrogen) atoms. The summed E-state index contributed by atoms with van der Waals surface area (Å²) >= 11 is 0. The van der Waals surface area contributed by atoms with E-state index in [1.165, 1.54) is 0 Å². The molecule has 9 nitrogen and oxygen atoms in total. The number of nitrogens with one attached hydrogen (secondary N) is 3. The second-order valence-electron chi connectivity index (χ2n) is 10.5. The number of aryl methyl sites for hydroxylation is 1. The van der Waals surface area contributed by atoms with Gasteiger partial charge in [-0.3, -0.25) is 19.4 Å². The van der Waals surface area contributed by atoms with Crippen molar-refractivity contribution in [3.8, 4) is 5.75 Å². The van der Waals surface area contributed by atoms with Crippen LogP contribution in [0.2, 0.25) is 0 Å². The van der Waals surface area contributed by atoms with E-state index in [0.29, 0.717) is 42.1 Å². The van der Waals surface area contributed by atoms with Crippen LogP contribution in [0.3, 0.4) is 0 Å². The highest BCUT2D eigenvalue weighted by Crippen LogP contribution is 2.21. The molecule has 0 aliphatic rings. The van der Waals surface area contributed by atoms with E-state index in [1.54, 1.807) is 42.7 Å². The fourth-order valence-corrected chi connectivity index (χ4v) is 4.78. The predicted molar refractivity (Wildman–Crippen MR) is 170 cm³/mol. The maximum absolute atomic E-state index is 13.7. The van der Waals surface area contributed by atoms with Gasteiger partial charge in [-0.25, -0.2) is 0 Å². The third-order valence-corrected chi connectivity index (χ3v) is 7.27. The quantitative estimate of drug-likeness (QED) is 0.175. The summed E-state index contributed by atoms with van der Waals surface area (Å²) in [6, 6.07) is 25.8. The molecule has 0 unspecified atom stereocenters. The number of amides is 3. The standard InChI is InChI=1S/C35H39N5O4/c1-3-44-30-15-13-27(14-16-30)31(22-39-33(41)28-7-4-6-24(2)18-28)34(42)40-23-32(29-8-5-17-37-21-29)35(43)38-20-26-11-9-25(19-36)10-12-26/h4-18,21,31-32H,3,19-20,22-23,36H2,1-2H3,(H,38,43)(H,39,41)(H,40,42)/t31-,32+/m1/s1. The number of carbonyl (C=O) groups is 3. The molecule has 0 saturated carbocycles. The van der Waals surface area contributed by atoms with Gasteiger partial charge in [0.25, 0.3) is 5.91 Å². The fraction of sp³-hybridized carbons (Fsp3) is 0.257. The molecule has 3 aromatic carbocycles. The third kappa shape index (κ3) is 8.99. The van der Waals surface area contributed by atoms with Crippen molar-refractivity contribution in [2.24, 2.45) is 5.73 Å². The Bertz CT molecular complexity index is 1530. The summed E-state index contributed by atoms with van der Waals surface area (Å²) in [6.45, 7) is 5.22. The molecule has 0 spiro atoms. The molecule has 3 amide bonds. The molecule has 228 valence electrons. The van der Waals surface area contributed by atoms with E-state index in [4.69, 9.17) is 10.5 Å². The highest BCUT2D eigenvalue weighted by molar-refractivity contribution is 5.95. The van der Waals surface area contributed by atoms with Gasteiger partial charge in [0.15, 0.2) is 0 Å². The van der Waals surface area contributed by atoms with Crippen LogP contribution in [-0.4, -0.2) is 42.4 Å².